The van der Waals surface area contributed by atoms with Crippen LogP contribution < -0.4 is 9.47 Å². The number of aromatic nitrogens is 3. The first-order valence-electron chi connectivity index (χ1n) is 6.75. The summed E-state index contributed by atoms with van der Waals surface area (Å²) in [4.78, 5) is 12.1. The van der Waals surface area contributed by atoms with Gasteiger partial charge in [0.15, 0.2) is 0 Å². The average Bonchev–Trinajstić information content (AvgIpc) is 2.93. The molecule has 0 saturated heterocycles. The lowest BCUT2D eigenvalue weighted by Gasteiger charge is -2.09. The fraction of sp³-hybridized carbons (Fsp3) is 0.188. The van der Waals surface area contributed by atoms with Crippen LogP contribution in [-0.2, 0) is 4.79 Å². The van der Waals surface area contributed by atoms with Crippen LogP contribution in [0.25, 0.3) is 16.7 Å². The van der Waals surface area contributed by atoms with Crippen LogP contribution in [0.1, 0.15) is 11.1 Å². The van der Waals surface area contributed by atoms with Crippen LogP contribution in [-0.4, -0.2) is 28.6 Å². The zero-order valence-corrected chi connectivity index (χ0v) is 12.5. The maximum atomic E-state index is 10.5. The molecule has 22 heavy (non-hydrogen) atoms. The van der Waals surface area contributed by atoms with Crippen LogP contribution in [0.5, 0.6) is 11.5 Å². The molecule has 0 N–H and O–H groups in total. The van der Waals surface area contributed by atoms with Crippen LogP contribution >= 0.6 is 0 Å². The smallest absolute Gasteiger partial charge is 0.298 e. The van der Waals surface area contributed by atoms with Gasteiger partial charge in [-0.15, -0.1) is 10.2 Å². The average molecular weight is 297 g/mol. The molecule has 0 fully saturated rings. The Kier molecular flexibility index (Phi) is 3.50. The van der Waals surface area contributed by atoms with Gasteiger partial charge in [0.1, 0.15) is 22.5 Å². The third kappa shape index (κ3) is 2.39. The Morgan fingerprint density at radius 2 is 1.73 bits per heavy atom. The van der Waals surface area contributed by atoms with Crippen molar-refractivity contribution in [1.29, 1.82) is 0 Å². The lowest BCUT2D eigenvalue weighted by Crippen LogP contribution is -2.02. The molecule has 0 bridgehead atoms. The summed E-state index contributed by atoms with van der Waals surface area (Å²) in [6.45, 7) is 4.19. The van der Waals surface area contributed by atoms with E-state index in [1.807, 2.05) is 44.2 Å². The minimum atomic E-state index is 0.432. The van der Waals surface area contributed by atoms with Gasteiger partial charge in [0.05, 0.1) is 12.8 Å². The summed E-state index contributed by atoms with van der Waals surface area (Å²) in [6, 6.07) is 9.30. The van der Waals surface area contributed by atoms with Crippen molar-refractivity contribution in [3.63, 3.8) is 0 Å². The number of hydrogen-bond acceptors (Lipinski definition) is 5. The van der Waals surface area contributed by atoms with E-state index in [4.69, 9.17) is 9.47 Å². The normalized spacial score (nSPS) is 10.7. The standard InChI is InChI=1S/C16H15N3O3/c1-10-6-12(7-11(2)16(10)22-9-20)19-17-14-5-4-13(21-3)8-15(14)18-19/h4-9H,1-3H3. The Bertz CT molecular complexity index is 832. The lowest BCUT2D eigenvalue weighted by atomic mass is 10.1. The van der Waals surface area contributed by atoms with Crippen molar-refractivity contribution in [2.24, 2.45) is 0 Å². The van der Waals surface area contributed by atoms with Gasteiger partial charge in [0.25, 0.3) is 6.47 Å². The van der Waals surface area contributed by atoms with Gasteiger partial charge in [-0.05, 0) is 49.2 Å². The number of carbonyl (C=O) groups excluding carboxylic acids is 1. The number of carbonyl (C=O) groups is 1. The molecule has 112 valence electrons. The Morgan fingerprint density at radius 1 is 1.05 bits per heavy atom. The summed E-state index contributed by atoms with van der Waals surface area (Å²) in [7, 11) is 1.62. The number of benzene rings is 2. The van der Waals surface area contributed by atoms with Crippen molar-refractivity contribution in [1.82, 2.24) is 15.0 Å². The van der Waals surface area contributed by atoms with Crippen molar-refractivity contribution in [2.75, 3.05) is 7.11 Å². The highest BCUT2D eigenvalue weighted by Crippen LogP contribution is 2.26. The summed E-state index contributed by atoms with van der Waals surface area (Å²) >= 11 is 0. The Labute approximate surface area is 127 Å². The molecule has 1 heterocycles. The second-order valence-corrected chi connectivity index (χ2v) is 4.97. The highest BCUT2D eigenvalue weighted by atomic mass is 16.5. The summed E-state index contributed by atoms with van der Waals surface area (Å²) in [6.07, 6.45) is 0. The van der Waals surface area contributed by atoms with E-state index < -0.39 is 0 Å². The highest BCUT2D eigenvalue weighted by Gasteiger charge is 2.11. The maximum Gasteiger partial charge on any atom is 0.298 e. The monoisotopic (exact) mass is 297 g/mol. The molecule has 0 spiro atoms. The molecule has 6 heteroatoms. The molecule has 3 rings (SSSR count). The third-order valence-electron chi connectivity index (χ3n) is 3.43. The fourth-order valence-corrected chi connectivity index (χ4v) is 2.41. The SMILES string of the molecule is COc1ccc2nn(-c3cc(C)c(OC=O)c(C)c3)nc2c1. The molecule has 0 amide bonds. The molecule has 1 aromatic heterocycles. The molecule has 0 atom stereocenters. The van der Waals surface area contributed by atoms with Gasteiger partial charge in [0, 0.05) is 6.07 Å². The quantitative estimate of drug-likeness (QED) is 0.692. The number of nitrogens with zero attached hydrogens (tertiary/aromatic N) is 3. The summed E-state index contributed by atoms with van der Waals surface area (Å²) in [5.41, 5.74) is 4.04. The summed E-state index contributed by atoms with van der Waals surface area (Å²) in [5, 5.41) is 8.92. The molecule has 2 aromatic carbocycles. The van der Waals surface area contributed by atoms with E-state index in [1.54, 1.807) is 11.9 Å². The van der Waals surface area contributed by atoms with E-state index in [0.29, 0.717) is 12.2 Å². The second-order valence-electron chi connectivity index (χ2n) is 4.97. The van der Waals surface area contributed by atoms with Crippen molar-refractivity contribution in [3.8, 4) is 17.2 Å². The zero-order valence-electron chi connectivity index (χ0n) is 12.5. The lowest BCUT2D eigenvalue weighted by molar-refractivity contribution is -0.120. The van der Waals surface area contributed by atoms with Crippen LogP contribution in [0, 0.1) is 13.8 Å². The van der Waals surface area contributed by atoms with Crippen LogP contribution in [0.15, 0.2) is 30.3 Å². The Balaban J connectivity index is 2.09. The molecular weight excluding hydrogens is 282 g/mol. The molecule has 0 unspecified atom stereocenters. The van der Waals surface area contributed by atoms with Crippen LogP contribution in [0.4, 0.5) is 0 Å². The predicted octanol–water partition coefficient (Wildman–Crippen LogP) is 2.58. The minimum absolute atomic E-state index is 0.432. The van der Waals surface area contributed by atoms with Gasteiger partial charge in [0.2, 0.25) is 0 Å². The van der Waals surface area contributed by atoms with Gasteiger partial charge in [-0.25, -0.2) is 0 Å². The zero-order chi connectivity index (χ0) is 15.7. The van der Waals surface area contributed by atoms with E-state index in [-0.39, 0.29) is 0 Å². The van der Waals surface area contributed by atoms with E-state index in [0.717, 1.165) is 33.6 Å². The van der Waals surface area contributed by atoms with Gasteiger partial charge in [-0.2, -0.15) is 4.80 Å². The molecule has 3 aromatic rings. The van der Waals surface area contributed by atoms with Gasteiger partial charge < -0.3 is 9.47 Å². The molecule has 0 radical (unpaired) electrons. The van der Waals surface area contributed by atoms with Crippen molar-refractivity contribution in [3.05, 3.63) is 41.5 Å². The van der Waals surface area contributed by atoms with Gasteiger partial charge in [-0.1, -0.05) is 0 Å². The maximum absolute atomic E-state index is 10.5. The van der Waals surface area contributed by atoms with Crippen molar-refractivity contribution < 1.29 is 14.3 Å². The Hall–Kier alpha value is -2.89. The Morgan fingerprint density at radius 3 is 2.36 bits per heavy atom. The largest absolute Gasteiger partial charge is 0.497 e. The van der Waals surface area contributed by atoms with Gasteiger partial charge in [-0.3, -0.25) is 4.79 Å². The number of methoxy groups -OCH3 is 1. The highest BCUT2D eigenvalue weighted by molar-refractivity contribution is 5.75. The van der Waals surface area contributed by atoms with Crippen molar-refractivity contribution >= 4 is 17.5 Å². The summed E-state index contributed by atoms with van der Waals surface area (Å²) < 4.78 is 10.2. The van der Waals surface area contributed by atoms with E-state index in [9.17, 15) is 4.79 Å². The molecule has 0 aliphatic heterocycles. The molecule has 0 saturated carbocycles. The van der Waals surface area contributed by atoms with Crippen LogP contribution in [0.2, 0.25) is 0 Å². The molecule has 0 aliphatic rings. The van der Waals surface area contributed by atoms with Crippen molar-refractivity contribution in [2.45, 2.75) is 13.8 Å². The second kappa shape index (κ2) is 5.48. The van der Waals surface area contributed by atoms with E-state index in [1.165, 1.54) is 0 Å². The number of rotatable bonds is 4. The first kappa shape index (κ1) is 14.1. The number of ether oxygens (including phenoxy) is 2. The number of fused-ring (bicyclic) bond motifs is 1. The van der Waals surface area contributed by atoms with E-state index >= 15 is 0 Å². The number of aryl methyl sites for hydroxylation is 2. The topological polar surface area (TPSA) is 66.2 Å². The van der Waals surface area contributed by atoms with Gasteiger partial charge >= 0.3 is 0 Å². The number of hydrogen-bond donors (Lipinski definition) is 0. The first-order chi connectivity index (χ1) is 10.6. The van der Waals surface area contributed by atoms with Crippen LogP contribution in [0.3, 0.4) is 0 Å². The molecular formula is C16H15N3O3. The fourth-order valence-electron chi connectivity index (χ4n) is 2.41. The molecule has 6 nitrogen and oxygen atoms in total. The van der Waals surface area contributed by atoms with E-state index in [2.05, 4.69) is 10.2 Å². The molecule has 0 aliphatic carbocycles. The minimum Gasteiger partial charge on any atom is -0.497 e. The summed E-state index contributed by atoms with van der Waals surface area (Å²) in [5.74, 6) is 1.30. The predicted molar refractivity (Wildman–Crippen MR) is 81.6 cm³/mol. The first-order valence-corrected chi connectivity index (χ1v) is 6.75. The third-order valence-corrected chi connectivity index (χ3v) is 3.43.